The fourth-order valence-corrected chi connectivity index (χ4v) is 7.40. The van der Waals surface area contributed by atoms with Gasteiger partial charge in [-0.2, -0.15) is 0 Å². The fraction of sp³-hybridized carbons (Fsp3) is 0.586. The van der Waals surface area contributed by atoms with Gasteiger partial charge in [0.25, 0.3) is 0 Å². The number of hydrogen-bond donors (Lipinski definition) is 3. The number of ether oxygens (including phenoxy) is 1. The number of nitrogens with one attached hydrogen (secondary N) is 1. The van der Waals surface area contributed by atoms with Crippen LogP contribution in [0.15, 0.2) is 24.3 Å². The van der Waals surface area contributed by atoms with Gasteiger partial charge in [-0.25, -0.2) is 0 Å². The van der Waals surface area contributed by atoms with Gasteiger partial charge >= 0.3 is 0 Å². The van der Waals surface area contributed by atoms with Gasteiger partial charge in [0.15, 0.2) is 11.5 Å². The average molecular weight is 580 g/mol. The number of likely N-dealkylation sites (tertiary alicyclic amines) is 1. The number of nitrogens with zero attached hydrogens (tertiary/aromatic N) is 1. The molecule has 3 fully saturated rings. The molecule has 2 aliphatic heterocycles. The van der Waals surface area contributed by atoms with Crippen molar-refractivity contribution in [2.75, 3.05) is 20.2 Å². The van der Waals surface area contributed by atoms with Crippen molar-refractivity contribution in [1.29, 1.82) is 0 Å². The van der Waals surface area contributed by atoms with E-state index in [2.05, 4.69) is 29.3 Å². The van der Waals surface area contributed by atoms with E-state index in [0.717, 1.165) is 42.5 Å². The van der Waals surface area contributed by atoms with Crippen LogP contribution in [0.5, 0.6) is 17.2 Å². The van der Waals surface area contributed by atoms with Gasteiger partial charge in [0.05, 0.1) is 7.11 Å². The monoisotopic (exact) mass is 578 g/mol. The Bertz CT molecular complexity index is 1090. The van der Waals surface area contributed by atoms with E-state index in [0.29, 0.717) is 18.0 Å². The van der Waals surface area contributed by atoms with Gasteiger partial charge in [-0.3, -0.25) is 4.90 Å². The number of halogens is 2. The summed E-state index contributed by atoms with van der Waals surface area (Å²) >= 11 is 0. The molecule has 0 amide bonds. The largest absolute Gasteiger partial charge is 0.504 e. The minimum absolute atomic E-state index is 0. The van der Waals surface area contributed by atoms with Crippen molar-refractivity contribution < 1.29 is 14.9 Å². The van der Waals surface area contributed by atoms with E-state index >= 15 is 0 Å². The molecule has 198 valence electrons. The molecule has 0 aromatic heterocycles. The number of benzene rings is 2. The van der Waals surface area contributed by atoms with Crippen molar-refractivity contribution in [1.82, 2.24) is 10.2 Å². The predicted octanol–water partition coefficient (Wildman–Crippen LogP) is 5.76. The molecule has 2 aromatic rings. The molecule has 3 N–H and O–H groups in total. The number of fused-ring (bicyclic) bond motifs is 6. The molecular weight excluding hydrogens is 540 g/mol. The second-order valence-electron chi connectivity index (χ2n) is 10.9. The highest BCUT2D eigenvalue weighted by molar-refractivity contribution is 8.93. The number of methoxy groups -OCH3 is 1. The first-order valence-corrected chi connectivity index (χ1v) is 13.3. The third kappa shape index (κ3) is 4.75. The van der Waals surface area contributed by atoms with Gasteiger partial charge in [-0.05, 0) is 99.7 Å². The van der Waals surface area contributed by atoms with Gasteiger partial charge in [-0.15, -0.1) is 29.4 Å². The van der Waals surface area contributed by atoms with Crippen LogP contribution in [0.25, 0.3) is 0 Å². The van der Waals surface area contributed by atoms with Crippen LogP contribution in [0.3, 0.4) is 0 Å². The SMILES string of the molecule is Br.COc1c(C)ccc2c1CC[C@H]1NCC[C@H]21.Cl.Oc1ccc2c(c1O)CC[C@@H]1[C@@H]2CCN1C1CC1. The molecule has 2 heterocycles. The number of aryl methyl sites for hydroxylation is 1. The molecule has 5 nitrogen and oxygen atoms in total. The van der Waals surface area contributed by atoms with E-state index in [1.54, 1.807) is 13.2 Å². The quantitative estimate of drug-likeness (QED) is 0.395. The van der Waals surface area contributed by atoms with Crippen molar-refractivity contribution in [3.63, 3.8) is 0 Å². The zero-order valence-corrected chi connectivity index (χ0v) is 23.9. The molecule has 1 saturated carbocycles. The lowest BCUT2D eigenvalue weighted by atomic mass is 9.79. The topological polar surface area (TPSA) is 65.0 Å². The lowest BCUT2D eigenvalue weighted by molar-refractivity contribution is 0.216. The van der Waals surface area contributed by atoms with Crippen LogP contribution >= 0.6 is 29.4 Å². The Labute approximate surface area is 231 Å². The average Bonchev–Trinajstić information content (AvgIpc) is 3.40. The molecule has 2 aromatic carbocycles. The van der Waals surface area contributed by atoms with Crippen LogP contribution in [0, 0.1) is 6.92 Å². The summed E-state index contributed by atoms with van der Waals surface area (Å²) in [5, 5.41) is 23.2. The van der Waals surface area contributed by atoms with Crippen molar-refractivity contribution in [3.05, 3.63) is 52.1 Å². The van der Waals surface area contributed by atoms with E-state index in [4.69, 9.17) is 4.74 Å². The maximum Gasteiger partial charge on any atom is 0.160 e. The standard InChI is InChI=1S/C15H19NO2.C14H19NO.BrH.ClH/c17-14-6-4-10-11-7-8-16(9-1-2-9)13(11)5-3-12(10)15(14)18;1-9-3-4-10-11-7-8-15-13(11)6-5-12(10)14(9)16-2;;/h4,6,9,11,13,17-18H,1-3,5,7-8H2;3-4,11,13,15H,5-8H2,1-2H3;2*1H/t2*11-,13-;;/m11../s1. The molecule has 2 saturated heterocycles. The Balaban J connectivity index is 0.000000161. The lowest BCUT2D eigenvalue weighted by Crippen LogP contribution is -2.36. The first kappa shape index (κ1) is 27.6. The van der Waals surface area contributed by atoms with Gasteiger partial charge < -0.3 is 20.3 Å². The van der Waals surface area contributed by atoms with Crippen molar-refractivity contribution >= 4 is 29.4 Å². The first-order valence-electron chi connectivity index (χ1n) is 13.3. The molecule has 7 rings (SSSR count). The summed E-state index contributed by atoms with van der Waals surface area (Å²) in [5.74, 6) is 2.57. The van der Waals surface area contributed by atoms with Crippen molar-refractivity contribution in [2.45, 2.75) is 88.3 Å². The number of rotatable bonds is 2. The van der Waals surface area contributed by atoms with Crippen LogP contribution in [0.1, 0.15) is 78.2 Å². The minimum Gasteiger partial charge on any atom is -0.504 e. The molecular formula is C29H40BrClN2O3. The number of phenolic OH excluding ortho intramolecular Hbond substituents is 2. The minimum atomic E-state index is 0. The lowest BCUT2D eigenvalue weighted by Gasteiger charge is -2.33. The number of phenols is 2. The Morgan fingerprint density at radius 3 is 2.36 bits per heavy atom. The molecule has 4 atom stereocenters. The van der Waals surface area contributed by atoms with Crippen LogP contribution in [0.2, 0.25) is 0 Å². The van der Waals surface area contributed by atoms with Gasteiger partial charge in [0.1, 0.15) is 5.75 Å². The van der Waals surface area contributed by atoms with Gasteiger partial charge in [0, 0.05) is 35.5 Å². The smallest absolute Gasteiger partial charge is 0.160 e. The molecule has 3 aliphatic carbocycles. The highest BCUT2D eigenvalue weighted by atomic mass is 79.9. The Hall–Kier alpha value is -1.47. The Morgan fingerprint density at radius 2 is 1.61 bits per heavy atom. The second-order valence-corrected chi connectivity index (χ2v) is 10.9. The molecule has 7 heteroatoms. The Morgan fingerprint density at radius 1 is 0.889 bits per heavy atom. The maximum atomic E-state index is 9.99. The number of hydrogen-bond acceptors (Lipinski definition) is 5. The van der Waals surface area contributed by atoms with Crippen molar-refractivity contribution in [2.24, 2.45) is 0 Å². The zero-order valence-electron chi connectivity index (χ0n) is 21.3. The van der Waals surface area contributed by atoms with Gasteiger partial charge in [0.2, 0.25) is 0 Å². The van der Waals surface area contributed by atoms with E-state index in [-0.39, 0.29) is 40.9 Å². The summed E-state index contributed by atoms with van der Waals surface area (Å²) in [4.78, 5) is 2.69. The van der Waals surface area contributed by atoms with E-state index < -0.39 is 0 Å². The third-order valence-corrected chi connectivity index (χ3v) is 9.14. The predicted molar refractivity (Wildman–Crippen MR) is 152 cm³/mol. The molecule has 0 unspecified atom stereocenters. The second kappa shape index (κ2) is 11.1. The van der Waals surface area contributed by atoms with Crippen LogP contribution < -0.4 is 10.1 Å². The molecule has 36 heavy (non-hydrogen) atoms. The van der Waals surface area contributed by atoms with Crippen molar-refractivity contribution in [3.8, 4) is 17.2 Å². The van der Waals surface area contributed by atoms with E-state index in [1.165, 1.54) is 67.4 Å². The normalized spacial score (nSPS) is 27.7. The highest BCUT2D eigenvalue weighted by Crippen LogP contribution is 2.49. The fourth-order valence-electron chi connectivity index (χ4n) is 7.40. The van der Waals surface area contributed by atoms with Crippen LogP contribution in [0.4, 0.5) is 0 Å². The molecule has 0 radical (unpaired) electrons. The summed E-state index contributed by atoms with van der Waals surface area (Å²) in [6.07, 6.45) is 9.69. The summed E-state index contributed by atoms with van der Waals surface area (Å²) in [6.45, 7) is 4.52. The highest BCUT2D eigenvalue weighted by Gasteiger charge is 2.45. The summed E-state index contributed by atoms with van der Waals surface area (Å²) in [7, 11) is 1.79. The zero-order chi connectivity index (χ0) is 23.4. The molecule has 5 aliphatic rings. The first-order chi connectivity index (χ1) is 16.6. The van der Waals surface area contributed by atoms with Gasteiger partial charge in [-0.1, -0.05) is 18.2 Å². The summed E-state index contributed by atoms with van der Waals surface area (Å²) in [5.41, 5.74) is 6.54. The molecule has 0 spiro atoms. The third-order valence-electron chi connectivity index (χ3n) is 9.14. The van der Waals surface area contributed by atoms with Crippen LogP contribution in [-0.2, 0) is 12.8 Å². The van der Waals surface area contributed by atoms with E-state index in [1.807, 2.05) is 6.07 Å². The van der Waals surface area contributed by atoms with Crippen LogP contribution in [-0.4, -0.2) is 53.4 Å². The maximum absolute atomic E-state index is 9.99. The number of aromatic hydroxyl groups is 2. The molecule has 0 bridgehead atoms. The summed E-state index contributed by atoms with van der Waals surface area (Å²) in [6, 6.07) is 10.4. The van der Waals surface area contributed by atoms with E-state index in [9.17, 15) is 10.2 Å². The Kier molecular flexibility index (Phi) is 8.50. The summed E-state index contributed by atoms with van der Waals surface area (Å²) < 4.78 is 5.57.